The number of carboxylic acid groups (broad SMARTS) is 1. The van der Waals surface area contributed by atoms with Gasteiger partial charge in [0.15, 0.2) is 0 Å². The highest BCUT2D eigenvalue weighted by molar-refractivity contribution is 7.47. The van der Waals surface area contributed by atoms with Gasteiger partial charge in [-0.15, -0.1) is 0 Å². The van der Waals surface area contributed by atoms with Gasteiger partial charge in [0.25, 0.3) is 0 Å². The molecule has 0 rings (SSSR count). The Kier molecular flexibility index (Phi) is 47.6. The molecule has 3 unspecified atom stereocenters. The first kappa shape index (κ1) is 61.7. The fourth-order valence-electron chi connectivity index (χ4n) is 7.90. The van der Waals surface area contributed by atoms with E-state index in [-0.39, 0.29) is 13.0 Å². The van der Waals surface area contributed by atoms with Crippen molar-refractivity contribution in [2.75, 3.05) is 26.4 Å². The third kappa shape index (κ3) is 48.5. The lowest BCUT2D eigenvalue weighted by Crippen LogP contribution is -2.34. The number of allylic oxidation sites excluding steroid dienone is 2. The third-order valence-corrected chi connectivity index (χ3v) is 13.0. The van der Waals surface area contributed by atoms with Gasteiger partial charge in [0.1, 0.15) is 12.1 Å². The first-order valence-corrected chi connectivity index (χ1v) is 28.2. The summed E-state index contributed by atoms with van der Waals surface area (Å²) < 4.78 is 33.5. The maximum absolute atomic E-state index is 12.7. The zero-order valence-electron chi connectivity index (χ0n) is 41.2. The molecule has 0 heterocycles. The van der Waals surface area contributed by atoms with Gasteiger partial charge >= 0.3 is 19.8 Å². The molecule has 11 heteroatoms. The van der Waals surface area contributed by atoms with Crippen molar-refractivity contribution >= 4 is 19.8 Å². The molecule has 0 aromatic heterocycles. The standard InChI is InChI=1S/C52H102NO9P/c1-3-5-7-9-11-13-15-17-19-21-22-23-24-25-26-27-29-31-33-35-37-39-41-43-45-59-46-49(47-60-63(57,58)61-48-50(53)52(55)56)62-51(54)44-42-40-38-36-34-32-30-28-20-18-16-14-12-10-8-6-4-2/h18,20,49-50H,3-17,19,21-48,53H2,1-2H3,(H,55,56)(H,57,58)/b20-18-. The Hall–Kier alpha value is -1.29. The Morgan fingerprint density at radius 2 is 0.825 bits per heavy atom. The third-order valence-electron chi connectivity index (χ3n) is 12.0. The van der Waals surface area contributed by atoms with Gasteiger partial charge in [-0.3, -0.25) is 18.6 Å². The number of aliphatic carboxylic acids is 1. The molecule has 4 N–H and O–H groups in total. The number of carbonyl (C=O) groups is 2. The second kappa shape index (κ2) is 48.6. The summed E-state index contributed by atoms with van der Waals surface area (Å²) in [6.07, 6.45) is 54.2. The molecule has 0 amide bonds. The number of rotatable bonds is 52. The summed E-state index contributed by atoms with van der Waals surface area (Å²) in [5.41, 5.74) is 5.38. The summed E-state index contributed by atoms with van der Waals surface area (Å²) in [4.78, 5) is 33.7. The van der Waals surface area contributed by atoms with Gasteiger partial charge in [0.2, 0.25) is 0 Å². The van der Waals surface area contributed by atoms with Crippen LogP contribution >= 0.6 is 7.82 Å². The summed E-state index contributed by atoms with van der Waals surface area (Å²) in [6, 6.07) is -1.47. The number of nitrogens with two attached hydrogens (primary N) is 1. The second-order valence-corrected chi connectivity index (χ2v) is 19.8. The van der Waals surface area contributed by atoms with Gasteiger partial charge < -0.3 is 25.2 Å². The van der Waals surface area contributed by atoms with Crippen LogP contribution in [-0.4, -0.2) is 60.5 Å². The number of carbonyl (C=O) groups excluding carboxylic acids is 1. The molecule has 0 aliphatic carbocycles. The van der Waals surface area contributed by atoms with Crippen LogP contribution in [0.3, 0.4) is 0 Å². The van der Waals surface area contributed by atoms with Crippen LogP contribution in [0.2, 0.25) is 0 Å². The predicted molar refractivity (Wildman–Crippen MR) is 263 cm³/mol. The lowest BCUT2D eigenvalue weighted by molar-refractivity contribution is -0.154. The molecule has 63 heavy (non-hydrogen) atoms. The Morgan fingerprint density at radius 3 is 1.21 bits per heavy atom. The van der Waals surface area contributed by atoms with Crippen LogP contribution in [0.25, 0.3) is 0 Å². The Bertz CT molecular complexity index is 1060. The number of esters is 1. The summed E-state index contributed by atoms with van der Waals surface area (Å²) in [5, 5.41) is 8.93. The van der Waals surface area contributed by atoms with Crippen molar-refractivity contribution in [3.05, 3.63) is 12.2 Å². The van der Waals surface area contributed by atoms with Crippen molar-refractivity contribution in [1.29, 1.82) is 0 Å². The molecular formula is C52H102NO9P. The minimum atomic E-state index is -4.62. The quantitative estimate of drug-likeness (QED) is 0.0232. The van der Waals surface area contributed by atoms with E-state index in [1.165, 1.54) is 199 Å². The fraction of sp³-hybridized carbons (Fsp3) is 0.923. The highest BCUT2D eigenvalue weighted by Gasteiger charge is 2.27. The molecular weight excluding hydrogens is 814 g/mol. The smallest absolute Gasteiger partial charge is 0.472 e. The van der Waals surface area contributed by atoms with Crippen molar-refractivity contribution in [1.82, 2.24) is 0 Å². The number of hydrogen-bond acceptors (Lipinski definition) is 8. The van der Waals surface area contributed by atoms with E-state index in [2.05, 4.69) is 26.0 Å². The molecule has 0 bridgehead atoms. The average Bonchev–Trinajstić information content (AvgIpc) is 3.26. The van der Waals surface area contributed by atoms with Gasteiger partial charge in [-0.25, -0.2) is 4.57 Å². The predicted octanol–water partition coefficient (Wildman–Crippen LogP) is 15.7. The van der Waals surface area contributed by atoms with E-state index in [1.54, 1.807) is 0 Å². The lowest BCUT2D eigenvalue weighted by atomic mass is 10.0. The van der Waals surface area contributed by atoms with E-state index < -0.39 is 45.1 Å². The number of carboxylic acids is 1. The fourth-order valence-corrected chi connectivity index (χ4v) is 8.67. The van der Waals surface area contributed by atoms with Gasteiger partial charge in [-0.2, -0.15) is 0 Å². The maximum Gasteiger partial charge on any atom is 0.472 e. The molecule has 0 aromatic carbocycles. The zero-order chi connectivity index (χ0) is 46.2. The van der Waals surface area contributed by atoms with Crippen molar-refractivity contribution in [2.24, 2.45) is 5.73 Å². The number of phosphoric acid groups is 1. The van der Waals surface area contributed by atoms with E-state index in [0.29, 0.717) is 13.0 Å². The first-order valence-electron chi connectivity index (χ1n) is 26.7. The Balaban J connectivity index is 4.05. The highest BCUT2D eigenvalue weighted by Crippen LogP contribution is 2.43. The summed E-state index contributed by atoms with van der Waals surface area (Å²) >= 11 is 0. The first-order chi connectivity index (χ1) is 30.7. The summed E-state index contributed by atoms with van der Waals surface area (Å²) in [6.45, 7) is 3.94. The molecule has 3 atom stereocenters. The van der Waals surface area contributed by atoms with Gasteiger partial charge in [-0.1, -0.05) is 238 Å². The topological polar surface area (TPSA) is 155 Å². The Morgan fingerprint density at radius 1 is 0.492 bits per heavy atom. The van der Waals surface area contributed by atoms with Crippen molar-refractivity contribution < 1.29 is 42.7 Å². The van der Waals surface area contributed by atoms with Gasteiger partial charge in [0.05, 0.1) is 19.8 Å². The van der Waals surface area contributed by atoms with Crippen LogP contribution in [0.1, 0.15) is 271 Å². The van der Waals surface area contributed by atoms with Crippen LogP contribution in [0.5, 0.6) is 0 Å². The van der Waals surface area contributed by atoms with Crippen LogP contribution in [0.15, 0.2) is 12.2 Å². The minimum Gasteiger partial charge on any atom is -0.480 e. The molecule has 0 radical (unpaired) electrons. The van der Waals surface area contributed by atoms with Crippen molar-refractivity contribution in [3.8, 4) is 0 Å². The molecule has 10 nitrogen and oxygen atoms in total. The molecule has 0 saturated carbocycles. The van der Waals surface area contributed by atoms with Crippen LogP contribution < -0.4 is 5.73 Å². The number of unbranched alkanes of at least 4 members (excludes halogenated alkanes) is 36. The highest BCUT2D eigenvalue weighted by atomic mass is 31.2. The van der Waals surface area contributed by atoms with E-state index in [1.807, 2.05) is 0 Å². The van der Waals surface area contributed by atoms with Gasteiger partial charge in [-0.05, 0) is 38.5 Å². The zero-order valence-corrected chi connectivity index (χ0v) is 42.1. The molecule has 0 aliphatic heterocycles. The SMILES string of the molecule is CCCCCCCC/C=C\CCCCCCCCCC(=O)OC(COCCCCCCCCCCCCCCCCCCCCCCCCCC)COP(=O)(O)OCC(N)C(=O)O. The molecule has 374 valence electrons. The van der Waals surface area contributed by atoms with E-state index in [4.69, 9.17) is 29.4 Å². The summed E-state index contributed by atoms with van der Waals surface area (Å²) in [7, 11) is -4.62. The van der Waals surface area contributed by atoms with Gasteiger partial charge in [0, 0.05) is 13.0 Å². The van der Waals surface area contributed by atoms with Crippen LogP contribution in [-0.2, 0) is 32.7 Å². The number of phosphoric ester groups is 1. The van der Waals surface area contributed by atoms with Crippen LogP contribution in [0.4, 0.5) is 0 Å². The molecule has 0 fully saturated rings. The molecule has 0 spiro atoms. The van der Waals surface area contributed by atoms with E-state index >= 15 is 0 Å². The molecule has 0 aliphatic rings. The Labute approximate surface area is 388 Å². The van der Waals surface area contributed by atoms with E-state index in [0.717, 1.165) is 44.9 Å². The number of ether oxygens (including phenoxy) is 2. The molecule has 0 saturated heterocycles. The maximum atomic E-state index is 12.7. The average molecular weight is 916 g/mol. The monoisotopic (exact) mass is 916 g/mol. The number of hydrogen-bond donors (Lipinski definition) is 3. The van der Waals surface area contributed by atoms with Crippen molar-refractivity contribution in [3.63, 3.8) is 0 Å². The normalized spacial score (nSPS) is 13.7. The largest absolute Gasteiger partial charge is 0.480 e. The lowest BCUT2D eigenvalue weighted by Gasteiger charge is -2.20. The van der Waals surface area contributed by atoms with E-state index in [9.17, 15) is 19.0 Å². The molecule has 0 aromatic rings. The van der Waals surface area contributed by atoms with Crippen LogP contribution in [0, 0.1) is 0 Å². The second-order valence-electron chi connectivity index (χ2n) is 18.4. The minimum absolute atomic E-state index is 0.0218. The summed E-state index contributed by atoms with van der Waals surface area (Å²) in [5.74, 6) is -1.77. The van der Waals surface area contributed by atoms with Crippen molar-refractivity contribution in [2.45, 2.75) is 283 Å².